The minimum Gasteiger partial charge on any atom is -0.383 e. The largest absolute Gasteiger partial charge is 0.383 e. The molecule has 2 heteroatoms. The fourth-order valence-corrected chi connectivity index (χ4v) is 1.96. The Bertz CT molecular complexity index is 520. The third kappa shape index (κ3) is 3.75. The van der Waals surface area contributed by atoms with Crippen LogP contribution in [0.15, 0.2) is 48.5 Å². The Hall–Kier alpha value is -1.96. The molecule has 0 saturated heterocycles. The highest BCUT2D eigenvalue weighted by molar-refractivity contribution is 5.66. The van der Waals surface area contributed by atoms with Gasteiger partial charge in [-0.05, 0) is 56.2 Å². The van der Waals surface area contributed by atoms with Crippen molar-refractivity contribution in [3.8, 4) is 0 Å². The fourth-order valence-electron chi connectivity index (χ4n) is 1.96. The van der Waals surface area contributed by atoms with Crippen molar-refractivity contribution in [3.63, 3.8) is 0 Å². The third-order valence-electron chi connectivity index (χ3n) is 3.30. The molecule has 2 aromatic carbocycles. The molecule has 0 aromatic heterocycles. The lowest BCUT2D eigenvalue weighted by Crippen LogP contribution is -2.13. The molecule has 100 valence electrons. The normalized spacial score (nSPS) is 11.9. The van der Waals surface area contributed by atoms with Gasteiger partial charge in [0.15, 0.2) is 0 Å². The van der Waals surface area contributed by atoms with Crippen LogP contribution in [0.25, 0.3) is 0 Å². The third-order valence-corrected chi connectivity index (χ3v) is 3.30. The molecule has 2 N–H and O–H groups in total. The van der Waals surface area contributed by atoms with E-state index in [0.717, 1.165) is 17.8 Å². The van der Waals surface area contributed by atoms with Gasteiger partial charge in [-0.1, -0.05) is 25.1 Å². The fraction of sp³-hybridized carbons (Fsp3) is 0.294. The van der Waals surface area contributed by atoms with Crippen molar-refractivity contribution in [2.45, 2.75) is 33.2 Å². The SMILES string of the molecule is CCC(C)Nc1ccc(Nc2ccccc2)c(C)c1. The predicted molar refractivity (Wildman–Crippen MR) is 84.3 cm³/mol. The summed E-state index contributed by atoms with van der Waals surface area (Å²) in [6, 6.07) is 17.2. The van der Waals surface area contributed by atoms with Gasteiger partial charge >= 0.3 is 0 Å². The lowest BCUT2D eigenvalue weighted by atomic mass is 10.1. The van der Waals surface area contributed by atoms with Gasteiger partial charge < -0.3 is 10.6 Å². The summed E-state index contributed by atoms with van der Waals surface area (Å²) in [7, 11) is 0. The standard InChI is InChI=1S/C17H22N2/c1-4-14(3)18-16-10-11-17(13(2)12-16)19-15-8-6-5-7-9-15/h5-12,14,18-19H,4H2,1-3H3. The summed E-state index contributed by atoms with van der Waals surface area (Å²) in [4.78, 5) is 0. The molecule has 0 radical (unpaired) electrons. The number of hydrogen-bond donors (Lipinski definition) is 2. The molecule has 0 saturated carbocycles. The van der Waals surface area contributed by atoms with Crippen molar-refractivity contribution in [1.82, 2.24) is 0 Å². The molecule has 2 nitrogen and oxygen atoms in total. The van der Waals surface area contributed by atoms with Crippen LogP contribution in [0.1, 0.15) is 25.8 Å². The highest BCUT2D eigenvalue weighted by Gasteiger charge is 2.03. The highest BCUT2D eigenvalue weighted by Crippen LogP contribution is 2.23. The number of aryl methyl sites for hydroxylation is 1. The van der Waals surface area contributed by atoms with Crippen LogP contribution in [0.2, 0.25) is 0 Å². The van der Waals surface area contributed by atoms with E-state index in [0.29, 0.717) is 6.04 Å². The first-order chi connectivity index (χ1) is 9.19. The van der Waals surface area contributed by atoms with E-state index in [1.165, 1.54) is 11.3 Å². The van der Waals surface area contributed by atoms with Gasteiger partial charge in [0.25, 0.3) is 0 Å². The number of hydrogen-bond acceptors (Lipinski definition) is 2. The average molecular weight is 254 g/mol. The van der Waals surface area contributed by atoms with Crippen LogP contribution >= 0.6 is 0 Å². The van der Waals surface area contributed by atoms with Crippen molar-refractivity contribution in [2.75, 3.05) is 10.6 Å². The molecule has 0 fully saturated rings. The van der Waals surface area contributed by atoms with Crippen LogP contribution in [-0.4, -0.2) is 6.04 Å². The van der Waals surface area contributed by atoms with Crippen LogP contribution < -0.4 is 10.6 Å². The Kier molecular flexibility index (Phi) is 4.45. The molecule has 0 heterocycles. The second-order valence-electron chi connectivity index (χ2n) is 4.97. The first-order valence-electron chi connectivity index (χ1n) is 6.88. The molecule has 1 unspecified atom stereocenters. The van der Waals surface area contributed by atoms with Crippen molar-refractivity contribution >= 4 is 17.1 Å². The first kappa shape index (κ1) is 13.5. The van der Waals surface area contributed by atoms with Gasteiger partial charge in [-0.3, -0.25) is 0 Å². The van der Waals surface area contributed by atoms with Gasteiger partial charge in [-0.2, -0.15) is 0 Å². The summed E-state index contributed by atoms with van der Waals surface area (Å²) < 4.78 is 0. The van der Waals surface area contributed by atoms with Gasteiger partial charge in [0.1, 0.15) is 0 Å². The van der Waals surface area contributed by atoms with E-state index in [4.69, 9.17) is 0 Å². The molecule has 0 amide bonds. The van der Waals surface area contributed by atoms with E-state index in [9.17, 15) is 0 Å². The molecule has 0 aliphatic heterocycles. The van der Waals surface area contributed by atoms with Gasteiger partial charge in [0, 0.05) is 23.1 Å². The van der Waals surface area contributed by atoms with Gasteiger partial charge in [-0.25, -0.2) is 0 Å². The maximum absolute atomic E-state index is 3.50. The number of nitrogens with one attached hydrogen (secondary N) is 2. The number of para-hydroxylation sites is 1. The number of anilines is 3. The Balaban J connectivity index is 2.11. The zero-order valence-electron chi connectivity index (χ0n) is 11.9. The second-order valence-corrected chi connectivity index (χ2v) is 4.97. The van der Waals surface area contributed by atoms with Crippen LogP contribution in [-0.2, 0) is 0 Å². The second kappa shape index (κ2) is 6.28. The molecule has 0 aliphatic rings. The van der Waals surface area contributed by atoms with Crippen LogP contribution in [0.3, 0.4) is 0 Å². The molecular weight excluding hydrogens is 232 g/mol. The minimum absolute atomic E-state index is 0.507. The van der Waals surface area contributed by atoms with Crippen molar-refractivity contribution < 1.29 is 0 Å². The highest BCUT2D eigenvalue weighted by atomic mass is 14.9. The minimum atomic E-state index is 0.507. The first-order valence-corrected chi connectivity index (χ1v) is 6.88. The molecule has 0 bridgehead atoms. The molecule has 0 spiro atoms. The van der Waals surface area contributed by atoms with Gasteiger partial charge in [0.05, 0.1) is 0 Å². The Morgan fingerprint density at radius 2 is 1.74 bits per heavy atom. The van der Waals surface area contributed by atoms with Crippen molar-refractivity contribution in [2.24, 2.45) is 0 Å². The van der Waals surface area contributed by atoms with Gasteiger partial charge in [0.2, 0.25) is 0 Å². The summed E-state index contributed by atoms with van der Waals surface area (Å²) in [6.07, 6.45) is 1.13. The smallest absolute Gasteiger partial charge is 0.0415 e. The molecule has 2 aromatic rings. The maximum Gasteiger partial charge on any atom is 0.0415 e. The van der Waals surface area contributed by atoms with Crippen LogP contribution in [0.4, 0.5) is 17.1 Å². The molecule has 0 aliphatic carbocycles. The average Bonchev–Trinajstić information content (AvgIpc) is 2.43. The van der Waals surface area contributed by atoms with E-state index < -0.39 is 0 Å². The molecule has 1 atom stereocenters. The Morgan fingerprint density at radius 3 is 2.37 bits per heavy atom. The molecular formula is C17H22N2. The lowest BCUT2D eigenvalue weighted by Gasteiger charge is -2.15. The van der Waals surface area contributed by atoms with Gasteiger partial charge in [-0.15, -0.1) is 0 Å². The lowest BCUT2D eigenvalue weighted by molar-refractivity contribution is 0.764. The maximum atomic E-state index is 3.50. The van der Waals surface area contributed by atoms with E-state index in [-0.39, 0.29) is 0 Å². The molecule has 2 rings (SSSR count). The number of benzene rings is 2. The van der Waals surface area contributed by atoms with E-state index in [2.05, 4.69) is 61.7 Å². The van der Waals surface area contributed by atoms with Crippen molar-refractivity contribution in [1.29, 1.82) is 0 Å². The van der Waals surface area contributed by atoms with Crippen LogP contribution in [0, 0.1) is 6.92 Å². The Morgan fingerprint density at radius 1 is 1.00 bits per heavy atom. The van der Waals surface area contributed by atoms with E-state index >= 15 is 0 Å². The molecule has 19 heavy (non-hydrogen) atoms. The summed E-state index contributed by atoms with van der Waals surface area (Å²) >= 11 is 0. The summed E-state index contributed by atoms with van der Waals surface area (Å²) in [6.45, 7) is 6.52. The van der Waals surface area contributed by atoms with Crippen molar-refractivity contribution in [3.05, 3.63) is 54.1 Å². The predicted octanol–water partition coefficient (Wildman–Crippen LogP) is 4.95. The number of rotatable bonds is 5. The zero-order valence-corrected chi connectivity index (χ0v) is 11.9. The summed E-state index contributed by atoms with van der Waals surface area (Å²) in [5.74, 6) is 0. The van der Waals surface area contributed by atoms with Crippen LogP contribution in [0.5, 0.6) is 0 Å². The summed E-state index contributed by atoms with van der Waals surface area (Å²) in [5, 5.41) is 6.93. The zero-order chi connectivity index (χ0) is 13.7. The quantitative estimate of drug-likeness (QED) is 0.789. The van der Waals surface area contributed by atoms with E-state index in [1.807, 2.05) is 18.2 Å². The van der Waals surface area contributed by atoms with E-state index in [1.54, 1.807) is 0 Å². The topological polar surface area (TPSA) is 24.1 Å². The summed E-state index contributed by atoms with van der Waals surface area (Å²) in [5.41, 5.74) is 4.71. The monoisotopic (exact) mass is 254 g/mol. The Labute approximate surface area is 115 Å².